The lowest BCUT2D eigenvalue weighted by Gasteiger charge is -2.36. The molecule has 31 heavy (non-hydrogen) atoms. The number of benzene rings is 1. The van der Waals surface area contributed by atoms with Crippen LogP contribution < -0.4 is 4.90 Å². The second kappa shape index (κ2) is 7.67. The fourth-order valence-electron chi connectivity index (χ4n) is 3.94. The summed E-state index contributed by atoms with van der Waals surface area (Å²) in [6.07, 6.45) is 5.37. The maximum atomic E-state index is 12.8. The fourth-order valence-corrected chi connectivity index (χ4v) is 3.94. The van der Waals surface area contributed by atoms with E-state index in [0.717, 1.165) is 16.5 Å². The maximum absolute atomic E-state index is 12.8. The molecular weight excluding hydrogens is 396 g/mol. The molecule has 0 unspecified atom stereocenters. The van der Waals surface area contributed by atoms with Crippen LogP contribution in [0.25, 0.3) is 5.82 Å². The molecule has 0 aliphatic carbocycles. The Morgan fingerprint density at radius 3 is 2.10 bits per heavy atom. The first-order valence-corrected chi connectivity index (χ1v) is 10.0. The maximum Gasteiger partial charge on any atom is 0.262 e. The highest BCUT2D eigenvalue weighted by Crippen LogP contribution is 2.23. The lowest BCUT2D eigenvalue weighted by atomic mass is 10.1. The highest BCUT2D eigenvalue weighted by Gasteiger charge is 2.37. The third kappa shape index (κ3) is 3.43. The van der Waals surface area contributed by atoms with Crippen LogP contribution in [0, 0.1) is 0 Å². The summed E-state index contributed by atoms with van der Waals surface area (Å²) in [6, 6.07) is 12.4. The van der Waals surface area contributed by atoms with Crippen LogP contribution in [-0.2, 0) is 4.79 Å². The molecule has 0 N–H and O–H groups in total. The van der Waals surface area contributed by atoms with E-state index in [9.17, 15) is 14.4 Å². The molecule has 0 bridgehead atoms. The molecule has 156 valence electrons. The lowest BCUT2D eigenvalue weighted by Crippen LogP contribution is -2.52. The van der Waals surface area contributed by atoms with Crippen molar-refractivity contribution in [2.45, 2.75) is 0 Å². The van der Waals surface area contributed by atoms with E-state index in [1.54, 1.807) is 29.2 Å². The standard InChI is InChI=1S/C22H20N6O3/c29-20(14-28-21(30)16-5-1-2-6-17(16)22(28)31)27-11-9-26(10-12-27)19-13-18(23-15-24-19)25-7-3-4-8-25/h1-8,13,15H,9-12,14H2. The van der Waals surface area contributed by atoms with Crippen molar-refractivity contribution in [2.75, 3.05) is 37.6 Å². The Morgan fingerprint density at radius 1 is 0.839 bits per heavy atom. The molecule has 0 radical (unpaired) electrons. The van der Waals surface area contributed by atoms with Crippen molar-refractivity contribution in [1.82, 2.24) is 24.3 Å². The van der Waals surface area contributed by atoms with Crippen LogP contribution in [0.4, 0.5) is 5.82 Å². The van der Waals surface area contributed by atoms with E-state index < -0.39 is 11.8 Å². The van der Waals surface area contributed by atoms with E-state index in [4.69, 9.17) is 0 Å². The van der Waals surface area contributed by atoms with Crippen molar-refractivity contribution in [1.29, 1.82) is 0 Å². The van der Waals surface area contributed by atoms with Gasteiger partial charge in [0.2, 0.25) is 5.91 Å². The Labute approximate surface area is 178 Å². The van der Waals surface area contributed by atoms with Gasteiger partial charge in [0, 0.05) is 44.6 Å². The molecule has 9 heteroatoms. The zero-order valence-corrected chi connectivity index (χ0v) is 16.7. The Morgan fingerprint density at radius 2 is 1.45 bits per heavy atom. The molecule has 2 aromatic heterocycles. The quantitative estimate of drug-likeness (QED) is 0.594. The molecule has 0 atom stereocenters. The number of hydrogen-bond donors (Lipinski definition) is 0. The number of fused-ring (bicyclic) bond motifs is 1. The number of carbonyl (C=O) groups excluding carboxylic acids is 3. The molecule has 2 aliphatic rings. The number of amides is 3. The van der Waals surface area contributed by atoms with Gasteiger partial charge in [0.25, 0.3) is 11.8 Å². The number of nitrogens with zero attached hydrogens (tertiary/aromatic N) is 6. The van der Waals surface area contributed by atoms with Gasteiger partial charge < -0.3 is 14.4 Å². The molecular formula is C22H20N6O3. The number of imide groups is 1. The summed E-state index contributed by atoms with van der Waals surface area (Å²) in [4.78, 5) is 51.3. The Kier molecular flexibility index (Phi) is 4.70. The minimum atomic E-state index is -0.411. The van der Waals surface area contributed by atoms with Crippen molar-refractivity contribution in [2.24, 2.45) is 0 Å². The van der Waals surface area contributed by atoms with Gasteiger partial charge in [0.1, 0.15) is 24.5 Å². The summed E-state index contributed by atoms with van der Waals surface area (Å²) >= 11 is 0. The molecule has 1 fully saturated rings. The van der Waals surface area contributed by atoms with Gasteiger partial charge in [-0.05, 0) is 24.3 Å². The molecule has 3 amide bonds. The summed E-state index contributed by atoms with van der Waals surface area (Å²) in [6.45, 7) is 1.96. The van der Waals surface area contributed by atoms with E-state index in [1.165, 1.54) is 6.33 Å². The molecule has 1 aromatic carbocycles. The number of carbonyl (C=O) groups is 3. The van der Waals surface area contributed by atoms with Crippen molar-refractivity contribution < 1.29 is 14.4 Å². The highest BCUT2D eigenvalue weighted by atomic mass is 16.2. The molecule has 4 heterocycles. The average Bonchev–Trinajstić information content (AvgIpc) is 3.44. The second-order valence-electron chi connectivity index (χ2n) is 7.43. The Bertz CT molecular complexity index is 1120. The van der Waals surface area contributed by atoms with Gasteiger partial charge in [-0.25, -0.2) is 9.97 Å². The smallest absolute Gasteiger partial charge is 0.262 e. The summed E-state index contributed by atoms with van der Waals surface area (Å²) in [5.74, 6) is 0.521. The van der Waals surface area contributed by atoms with Gasteiger partial charge in [-0.2, -0.15) is 0 Å². The Hall–Kier alpha value is -4.01. The average molecular weight is 416 g/mol. The van der Waals surface area contributed by atoms with Gasteiger partial charge in [-0.1, -0.05) is 12.1 Å². The minimum Gasteiger partial charge on any atom is -0.353 e. The van der Waals surface area contributed by atoms with Gasteiger partial charge >= 0.3 is 0 Å². The topological polar surface area (TPSA) is 91.6 Å². The van der Waals surface area contributed by atoms with E-state index >= 15 is 0 Å². The predicted octanol–water partition coefficient (Wildman–Crippen LogP) is 1.21. The SMILES string of the molecule is O=C(CN1C(=O)c2ccccc2C1=O)N1CCN(c2cc(-n3cccc3)ncn2)CC1. The summed E-state index contributed by atoms with van der Waals surface area (Å²) in [5.41, 5.74) is 0.708. The van der Waals surface area contributed by atoms with Crippen LogP contribution in [0.5, 0.6) is 0 Å². The summed E-state index contributed by atoms with van der Waals surface area (Å²) < 4.78 is 1.91. The van der Waals surface area contributed by atoms with Gasteiger partial charge in [-0.3, -0.25) is 19.3 Å². The number of aromatic nitrogens is 3. The van der Waals surface area contributed by atoms with Crippen LogP contribution in [0.15, 0.2) is 61.2 Å². The second-order valence-corrected chi connectivity index (χ2v) is 7.43. The third-order valence-electron chi connectivity index (χ3n) is 5.64. The highest BCUT2D eigenvalue weighted by molar-refractivity contribution is 6.22. The van der Waals surface area contributed by atoms with E-state index in [2.05, 4.69) is 14.9 Å². The zero-order chi connectivity index (χ0) is 21.4. The van der Waals surface area contributed by atoms with Crippen LogP contribution in [-0.4, -0.2) is 74.8 Å². The minimum absolute atomic E-state index is 0.232. The van der Waals surface area contributed by atoms with E-state index in [1.807, 2.05) is 35.2 Å². The van der Waals surface area contributed by atoms with Crippen molar-refractivity contribution in [3.8, 4) is 5.82 Å². The normalized spacial score (nSPS) is 16.1. The van der Waals surface area contributed by atoms with Crippen LogP contribution in [0.2, 0.25) is 0 Å². The molecule has 5 rings (SSSR count). The number of anilines is 1. The first kappa shape index (κ1) is 19.0. The predicted molar refractivity (Wildman–Crippen MR) is 112 cm³/mol. The first-order valence-electron chi connectivity index (χ1n) is 10.0. The van der Waals surface area contributed by atoms with Crippen molar-refractivity contribution in [3.05, 3.63) is 72.3 Å². The number of hydrogen-bond acceptors (Lipinski definition) is 6. The molecule has 1 saturated heterocycles. The zero-order valence-electron chi connectivity index (χ0n) is 16.7. The van der Waals surface area contributed by atoms with E-state index in [0.29, 0.717) is 37.3 Å². The monoisotopic (exact) mass is 416 g/mol. The lowest BCUT2D eigenvalue weighted by molar-refractivity contribution is -0.131. The van der Waals surface area contributed by atoms with Gasteiger partial charge in [0.15, 0.2) is 0 Å². The molecule has 2 aliphatic heterocycles. The largest absolute Gasteiger partial charge is 0.353 e. The van der Waals surface area contributed by atoms with Crippen LogP contribution in [0.3, 0.4) is 0 Å². The van der Waals surface area contributed by atoms with E-state index in [-0.39, 0.29) is 12.5 Å². The van der Waals surface area contributed by atoms with Crippen LogP contribution >= 0.6 is 0 Å². The fraction of sp³-hybridized carbons (Fsp3) is 0.227. The third-order valence-corrected chi connectivity index (χ3v) is 5.64. The molecule has 0 saturated carbocycles. The van der Waals surface area contributed by atoms with Gasteiger partial charge in [0.05, 0.1) is 11.1 Å². The summed E-state index contributed by atoms with van der Waals surface area (Å²) in [5, 5.41) is 0. The summed E-state index contributed by atoms with van der Waals surface area (Å²) in [7, 11) is 0. The van der Waals surface area contributed by atoms with Crippen molar-refractivity contribution >= 4 is 23.5 Å². The Balaban J connectivity index is 1.21. The first-order chi connectivity index (χ1) is 15.1. The number of piperazine rings is 1. The molecule has 3 aromatic rings. The number of rotatable bonds is 4. The molecule has 0 spiro atoms. The molecule has 9 nitrogen and oxygen atoms in total. The van der Waals surface area contributed by atoms with Gasteiger partial charge in [-0.15, -0.1) is 0 Å². The van der Waals surface area contributed by atoms with Crippen molar-refractivity contribution in [3.63, 3.8) is 0 Å². The van der Waals surface area contributed by atoms with Crippen LogP contribution in [0.1, 0.15) is 20.7 Å².